The number of ketones is 1. The summed E-state index contributed by atoms with van der Waals surface area (Å²) in [7, 11) is 0. The highest BCUT2D eigenvalue weighted by Crippen LogP contribution is 2.23. The van der Waals surface area contributed by atoms with Crippen molar-refractivity contribution >= 4 is 22.6 Å². The summed E-state index contributed by atoms with van der Waals surface area (Å²) in [6.07, 6.45) is 0. The smallest absolute Gasteiger partial charge is 0.165 e. The van der Waals surface area contributed by atoms with Crippen molar-refractivity contribution < 1.29 is 9.18 Å². The summed E-state index contributed by atoms with van der Waals surface area (Å²) in [5.41, 5.74) is 1.55. The molecule has 2 aromatic rings. The van der Waals surface area contributed by atoms with Crippen LogP contribution in [-0.2, 0) is 0 Å². The van der Waals surface area contributed by atoms with E-state index in [0.29, 0.717) is 16.9 Å². The number of Topliss-reactive ketones (excluding diaryl/α,β-unsaturated/α-hetero) is 1. The average Bonchev–Trinajstić information content (AvgIpc) is 2.29. The van der Waals surface area contributed by atoms with Crippen LogP contribution in [0.2, 0.25) is 0 Å². The average molecular weight is 261 g/mol. The van der Waals surface area contributed by atoms with Crippen molar-refractivity contribution in [1.82, 2.24) is 9.97 Å². The summed E-state index contributed by atoms with van der Waals surface area (Å²) in [5.74, 6) is -0.332. The molecule has 0 saturated carbocycles. The van der Waals surface area contributed by atoms with E-state index in [0.717, 1.165) is 5.69 Å². The molecule has 0 bridgehead atoms. The number of benzene rings is 1. The minimum Gasteiger partial charge on any atom is -0.366 e. The van der Waals surface area contributed by atoms with Crippen LogP contribution in [0.25, 0.3) is 11.0 Å². The molecule has 0 spiro atoms. The van der Waals surface area contributed by atoms with E-state index in [1.165, 1.54) is 19.1 Å². The van der Waals surface area contributed by atoms with Gasteiger partial charge in [-0.1, -0.05) is 0 Å². The van der Waals surface area contributed by atoms with E-state index < -0.39 is 5.82 Å². The number of rotatable bonds is 3. The van der Waals surface area contributed by atoms with E-state index in [1.54, 1.807) is 0 Å². The largest absolute Gasteiger partial charge is 0.366 e. The van der Waals surface area contributed by atoms with Gasteiger partial charge in [-0.3, -0.25) is 4.79 Å². The predicted octanol–water partition coefficient (Wildman–Crippen LogP) is 3.10. The standard InChI is InChI=1S/C14H16FN3O/c1-7(2)16-14-8(3)17-11-6-5-10(15)12(9(4)19)13(11)18-14/h5-7H,1-4H3,(H,16,18). The van der Waals surface area contributed by atoms with Gasteiger partial charge < -0.3 is 5.32 Å². The summed E-state index contributed by atoms with van der Waals surface area (Å²) in [4.78, 5) is 20.3. The zero-order valence-corrected chi connectivity index (χ0v) is 11.4. The van der Waals surface area contributed by atoms with Crippen molar-refractivity contribution in [2.75, 3.05) is 5.32 Å². The van der Waals surface area contributed by atoms with Crippen molar-refractivity contribution in [3.8, 4) is 0 Å². The first kappa shape index (κ1) is 13.4. The molecule has 0 saturated heterocycles. The van der Waals surface area contributed by atoms with Gasteiger partial charge in [-0.05, 0) is 39.8 Å². The van der Waals surface area contributed by atoms with E-state index in [1.807, 2.05) is 20.8 Å². The SMILES string of the molecule is CC(=O)c1c(F)ccc2nc(C)c(NC(C)C)nc12. The maximum atomic E-state index is 13.8. The number of anilines is 1. The molecule has 0 aliphatic carbocycles. The van der Waals surface area contributed by atoms with E-state index in [-0.39, 0.29) is 17.4 Å². The van der Waals surface area contributed by atoms with Gasteiger partial charge in [-0.15, -0.1) is 0 Å². The molecule has 4 nitrogen and oxygen atoms in total. The molecule has 19 heavy (non-hydrogen) atoms. The van der Waals surface area contributed by atoms with Gasteiger partial charge in [0.25, 0.3) is 0 Å². The highest BCUT2D eigenvalue weighted by Gasteiger charge is 2.16. The number of aryl methyl sites for hydroxylation is 1. The second-order valence-electron chi connectivity index (χ2n) is 4.80. The quantitative estimate of drug-likeness (QED) is 0.862. The number of aromatic nitrogens is 2. The highest BCUT2D eigenvalue weighted by atomic mass is 19.1. The lowest BCUT2D eigenvalue weighted by molar-refractivity contribution is 0.101. The normalized spacial score (nSPS) is 11.1. The van der Waals surface area contributed by atoms with Crippen LogP contribution in [0.3, 0.4) is 0 Å². The first-order valence-corrected chi connectivity index (χ1v) is 6.14. The van der Waals surface area contributed by atoms with E-state index >= 15 is 0 Å². The van der Waals surface area contributed by atoms with Gasteiger partial charge in [0.2, 0.25) is 0 Å². The Morgan fingerprint density at radius 3 is 2.58 bits per heavy atom. The molecular formula is C14H16FN3O. The number of nitrogens with one attached hydrogen (secondary N) is 1. The maximum absolute atomic E-state index is 13.8. The minimum atomic E-state index is -0.561. The number of halogens is 1. The first-order valence-electron chi connectivity index (χ1n) is 6.14. The van der Waals surface area contributed by atoms with Gasteiger partial charge in [-0.25, -0.2) is 14.4 Å². The molecule has 1 N–H and O–H groups in total. The first-order chi connectivity index (χ1) is 8.90. The molecule has 1 heterocycles. The molecule has 0 aliphatic heterocycles. The number of hydrogen-bond donors (Lipinski definition) is 1. The van der Waals surface area contributed by atoms with Gasteiger partial charge in [0, 0.05) is 6.04 Å². The van der Waals surface area contributed by atoms with Crippen LogP contribution in [0.5, 0.6) is 0 Å². The number of carbonyl (C=O) groups excluding carboxylic acids is 1. The third kappa shape index (κ3) is 2.54. The molecule has 5 heteroatoms. The topological polar surface area (TPSA) is 54.9 Å². The van der Waals surface area contributed by atoms with Gasteiger partial charge in [-0.2, -0.15) is 0 Å². The van der Waals surface area contributed by atoms with Crippen LogP contribution in [0.4, 0.5) is 10.2 Å². The number of carbonyl (C=O) groups is 1. The van der Waals surface area contributed by atoms with Crippen LogP contribution < -0.4 is 5.32 Å². The number of nitrogens with zero attached hydrogens (tertiary/aromatic N) is 2. The van der Waals surface area contributed by atoms with Crippen molar-refractivity contribution in [3.05, 3.63) is 29.2 Å². The molecule has 0 unspecified atom stereocenters. The fourth-order valence-corrected chi connectivity index (χ4v) is 1.93. The Labute approximate surface area is 111 Å². The van der Waals surface area contributed by atoms with Crippen LogP contribution in [-0.4, -0.2) is 21.8 Å². The minimum absolute atomic E-state index is 0.00296. The highest BCUT2D eigenvalue weighted by molar-refractivity contribution is 6.05. The summed E-state index contributed by atoms with van der Waals surface area (Å²) < 4.78 is 13.8. The van der Waals surface area contributed by atoms with Crippen molar-refractivity contribution in [2.24, 2.45) is 0 Å². The second-order valence-corrected chi connectivity index (χ2v) is 4.80. The van der Waals surface area contributed by atoms with Gasteiger partial charge in [0.15, 0.2) is 5.78 Å². The number of fused-ring (bicyclic) bond motifs is 1. The summed E-state index contributed by atoms with van der Waals surface area (Å²) in [6, 6.07) is 2.97. The van der Waals surface area contributed by atoms with Crippen LogP contribution in [0.1, 0.15) is 36.8 Å². The van der Waals surface area contributed by atoms with Crippen molar-refractivity contribution in [1.29, 1.82) is 0 Å². The van der Waals surface area contributed by atoms with Crippen LogP contribution in [0, 0.1) is 12.7 Å². The van der Waals surface area contributed by atoms with Gasteiger partial charge in [0.05, 0.1) is 16.8 Å². The Bertz CT molecular complexity index is 653. The Kier molecular flexibility index (Phi) is 3.46. The molecule has 1 aromatic carbocycles. The monoisotopic (exact) mass is 261 g/mol. The Hall–Kier alpha value is -2.04. The lowest BCUT2D eigenvalue weighted by Crippen LogP contribution is -2.14. The maximum Gasteiger partial charge on any atom is 0.165 e. The van der Waals surface area contributed by atoms with E-state index in [9.17, 15) is 9.18 Å². The third-order valence-electron chi connectivity index (χ3n) is 2.74. The zero-order valence-electron chi connectivity index (χ0n) is 11.4. The predicted molar refractivity (Wildman–Crippen MR) is 73.0 cm³/mol. The Balaban J connectivity index is 2.73. The molecule has 1 aromatic heterocycles. The molecular weight excluding hydrogens is 245 g/mol. The van der Waals surface area contributed by atoms with E-state index in [2.05, 4.69) is 15.3 Å². The second kappa shape index (κ2) is 4.91. The molecule has 0 atom stereocenters. The summed E-state index contributed by atoms with van der Waals surface area (Å²) >= 11 is 0. The van der Waals surface area contributed by atoms with Crippen molar-refractivity contribution in [2.45, 2.75) is 33.7 Å². The fraction of sp³-hybridized carbons (Fsp3) is 0.357. The molecule has 100 valence electrons. The molecule has 0 amide bonds. The lowest BCUT2D eigenvalue weighted by Gasteiger charge is -2.13. The third-order valence-corrected chi connectivity index (χ3v) is 2.74. The lowest BCUT2D eigenvalue weighted by atomic mass is 10.1. The molecule has 0 aliphatic rings. The Morgan fingerprint density at radius 2 is 2.00 bits per heavy atom. The van der Waals surface area contributed by atoms with Crippen molar-refractivity contribution in [3.63, 3.8) is 0 Å². The summed E-state index contributed by atoms with van der Waals surface area (Å²) in [6.45, 7) is 7.11. The summed E-state index contributed by atoms with van der Waals surface area (Å²) in [5, 5.41) is 3.14. The van der Waals surface area contributed by atoms with Gasteiger partial charge >= 0.3 is 0 Å². The number of hydrogen-bond acceptors (Lipinski definition) is 4. The molecule has 0 radical (unpaired) electrons. The van der Waals surface area contributed by atoms with Gasteiger partial charge in [0.1, 0.15) is 17.2 Å². The zero-order chi connectivity index (χ0) is 14.2. The Morgan fingerprint density at radius 1 is 1.32 bits per heavy atom. The van der Waals surface area contributed by atoms with Crippen LogP contribution in [0.15, 0.2) is 12.1 Å². The molecule has 0 fully saturated rings. The van der Waals surface area contributed by atoms with E-state index in [4.69, 9.17) is 0 Å². The molecule has 2 rings (SSSR count). The van der Waals surface area contributed by atoms with Crippen LogP contribution >= 0.6 is 0 Å². The fourth-order valence-electron chi connectivity index (χ4n) is 1.93.